The normalized spacial score (nSPS) is 17.8. The smallest absolute Gasteiger partial charge is 0.191 e. The Morgan fingerprint density at radius 2 is 2.17 bits per heavy atom. The van der Waals surface area contributed by atoms with Crippen LogP contribution in [0.1, 0.15) is 12.1 Å². The van der Waals surface area contributed by atoms with E-state index in [9.17, 15) is 0 Å². The molecule has 1 atom stereocenters. The molecule has 3 rings (SSSR count). The predicted octanol–water partition coefficient (Wildman–Crippen LogP) is 2.07. The molecule has 7 heteroatoms. The number of hydrogen-bond donors (Lipinski definition) is 2. The van der Waals surface area contributed by atoms with Crippen LogP contribution in [-0.2, 0) is 6.54 Å². The Balaban J connectivity index is 1.53. The summed E-state index contributed by atoms with van der Waals surface area (Å²) in [5, 5.41) is 7.44. The van der Waals surface area contributed by atoms with Crippen LogP contribution in [0.25, 0.3) is 0 Å². The first-order valence-corrected chi connectivity index (χ1v) is 8.36. The van der Waals surface area contributed by atoms with E-state index in [2.05, 4.69) is 30.5 Å². The van der Waals surface area contributed by atoms with Gasteiger partial charge in [-0.05, 0) is 30.7 Å². The van der Waals surface area contributed by atoms with Crippen molar-refractivity contribution >= 4 is 23.4 Å². The fourth-order valence-corrected chi connectivity index (χ4v) is 2.99. The minimum absolute atomic E-state index is 0.304. The number of anilines is 1. The standard InChI is InChI=1S/C17H21ClN6/c1-19-17(22-11-13-5-2-3-8-20-13)23-14-7-10-24(12-14)16-15(18)6-4-9-21-16/h2-6,8-9,14H,7,10-12H2,1H3,(H2,19,22,23). The third kappa shape index (κ3) is 4.14. The molecule has 0 radical (unpaired) electrons. The van der Waals surface area contributed by atoms with E-state index in [1.807, 2.05) is 30.3 Å². The Kier molecular flexibility index (Phi) is 5.48. The molecule has 6 nitrogen and oxygen atoms in total. The van der Waals surface area contributed by atoms with E-state index >= 15 is 0 Å². The van der Waals surface area contributed by atoms with Gasteiger partial charge in [0.1, 0.15) is 5.82 Å². The molecule has 0 bridgehead atoms. The van der Waals surface area contributed by atoms with E-state index < -0.39 is 0 Å². The molecule has 2 aromatic heterocycles. The molecule has 0 spiro atoms. The number of guanidine groups is 1. The summed E-state index contributed by atoms with van der Waals surface area (Å²) in [6, 6.07) is 9.90. The molecule has 0 amide bonds. The Hall–Kier alpha value is -2.34. The third-order valence-electron chi connectivity index (χ3n) is 3.95. The average molecular weight is 345 g/mol. The summed E-state index contributed by atoms with van der Waals surface area (Å²) in [6.45, 7) is 2.41. The number of nitrogens with zero attached hydrogens (tertiary/aromatic N) is 4. The van der Waals surface area contributed by atoms with Crippen LogP contribution in [0, 0.1) is 0 Å². The maximum atomic E-state index is 6.23. The van der Waals surface area contributed by atoms with Gasteiger partial charge >= 0.3 is 0 Å². The van der Waals surface area contributed by atoms with Crippen LogP contribution in [0.3, 0.4) is 0 Å². The van der Waals surface area contributed by atoms with Gasteiger partial charge in [-0.1, -0.05) is 17.7 Å². The highest BCUT2D eigenvalue weighted by Crippen LogP contribution is 2.25. The van der Waals surface area contributed by atoms with Gasteiger partial charge in [0.15, 0.2) is 5.96 Å². The van der Waals surface area contributed by atoms with Crippen molar-refractivity contribution < 1.29 is 0 Å². The van der Waals surface area contributed by atoms with Crippen LogP contribution in [0.2, 0.25) is 5.02 Å². The SMILES string of the molecule is CN=C(NCc1ccccn1)NC1CCN(c2ncccc2Cl)C1. The predicted molar refractivity (Wildman–Crippen MR) is 97.4 cm³/mol. The van der Waals surface area contributed by atoms with Crippen molar-refractivity contribution in [2.24, 2.45) is 4.99 Å². The van der Waals surface area contributed by atoms with Gasteiger partial charge in [-0.2, -0.15) is 0 Å². The van der Waals surface area contributed by atoms with Gasteiger partial charge in [0.25, 0.3) is 0 Å². The van der Waals surface area contributed by atoms with E-state index in [-0.39, 0.29) is 0 Å². The first-order chi connectivity index (χ1) is 11.8. The number of rotatable bonds is 4. The van der Waals surface area contributed by atoms with E-state index in [4.69, 9.17) is 11.6 Å². The molecule has 126 valence electrons. The second-order valence-electron chi connectivity index (χ2n) is 5.63. The molecule has 1 fully saturated rings. The van der Waals surface area contributed by atoms with Gasteiger partial charge in [0.2, 0.25) is 0 Å². The molecule has 1 aliphatic heterocycles. The molecule has 0 aromatic carbocycles. The highest BCUT2D eigenvalue weighted by atomic mass is 35.5. The Labute approximate surface area is 147 Å². The van der Waals surface area contributed by atoms with Crippen LogP contribution in [0.5, 0.6) is 0 Å². The zero-order chi connectivity index (χ0) is 16.8. The highest BCUT2D eigenvalue weighted by molar-refractivity contribution is 6.32. The van der Waals surface area contributed by atoms with Crippen LogP contribution >= 0.6 is 11.6 Å². The van der Waals surface area contributed by atoms with Crippen molar-refractivity contribution in [3.63, 3.8) is 0 Å². The lowest BCUT2D eigenvalue weighted by molar-refractivity contribution is 0.647. The van der Waals surface area contributed by atoms with E-state index in [0.29, 0.717) is 17.6 Å². The zero-order valence-electron chi connectivity index (χ0n) is 13.6. The second-order valence-corrected chi connectivity index (χ2v) is 6.04. The molecule has 2 aromatic rings. The van der Waals surface area contributed by atoms with Crippen molar-refractivity contribution in [1.29, 1.82) is 0 Å². The summed E-state index contributed by atoms with van der Waals surface area (Å²) in [6.07, 6.45) is 4.57. The Morgan fingerprint density at radius 3 is 2.92 bits per heavy atom. The van der Waals surface area contributed by atoms with Crippen molar-refractivity contribution in [2.45, 2.75) is 19.0 Å². The summed E-state index contributed by atoms with van der Waals surface area (Å²) in [5.74, 6) is 1.62. The minimum atomic E-state index is 0.304. The van der Waals surface area contributed by atoms with Gasteiger partial charge in [0.05, 0.1) is 17.3 Å². The van der Waals surface area contributed by atoms with Crippen molar-refractivity contribution in [1.82, 2.24) is 20.6 Å². The summed E-state index contributed by atoms with van der Waals surface area (Å²) in [7, 11) is 1.77. The molecule has 1 saturated heterocycles. The first-order valence-electron chi connectivity index (χ1n) is 7.99. The highest BCUT2D eigenvalue weighted by Gasteiger charge is 2.25. The van der Waals surface area contributed by atoms with Gasteiger partial charge in [0, 0.05) is 38.6 Å². The van der Waals surface area contributed by atoms with Crippen molar-refractivity contribution in [3.05, 3.63) is 53.4 Å². The van der Waals surface area contributed by atoms with E-state index in [1.54, 1.807) is 19.4 Å². The maximum absolute atomic E-state index is 6.23. The average Bonchev–Trinajstić information content (AvgIpc) is 3.08. The molecule has 2 N–H and O–H groups in total. The van der Waals surface area contributed by atoms with E-state index in [1.165, 1.54) is 0 Å². The number of aliphatic imine (C=N–C) groups is 1. The van der Waals surface area contributed by atoms with Gasteiger partial charge < -0.3 is 15.5 Å². The van der Waals surface area contributed by atoms with E-state index in [0.717, 1.165) is 37.0 Å². The third-order valence-corrected chi connectivity index (χ3v) is 4.25. The number of hydrogen-bond acceptors (Lipinski definition) is 4. The lowest BCUT2D eigenvalue weighted by Crippen LogP contribution is -2.44. The van der Waals surface area contributed by atoms with Crippen LogP contribution in [0.15, 0.2) is 47.7 Å². The van der Waals surface area contributed by atoms with Crippen LogP contribution < -0.4 is 15.5 Å². The monoisotopic (exact) mass is 344 g/mol. The molecule has 1 unspecified atom stereocenters. The molecule has 3 heterocycles. The fraction of sp³-hybridized carbons (Fsp3) is 0.353. The Bertz CT molecular complexity index is 690. The minimum Gasteiger partial charge on any atom is -0.353 e. The van der Waals surface area contributed by atoms with Gasteiger partial charge in [-0.25, -0.2) is 4.98 Å². The molecular weight excluding hydrogens is 324 g/mol. The lowest BCUT2D eigenvalue weighted by atomic mass is 10.3. The maximum Gasteiger partial charge on any atom is 0.191 e. The topological polar surface area (TPSA) is 65.4 Å². The Morgan fingerprint density at radius 1 is 1.29 bits per heavy atom. The molecule has 24 heavy (non-hydrogen) atoms. The lowest BCUT2D eigenvalue weighted by Gasteiger charge is -2.20. The van der Waals surface area contributed by atoms with Gasteiger partial charge in [-0.15, -0.1) is 0 Å². The van der Waals surface area contributed by atoms with Gasteiger partial charge in [-0.3, -0.25) is 9.98 Å². The van der Waals surface area contributed by atoms with Crippen LogP contribution in [0.4, 0.5) is 5.82 Å². The zero-order valence-corrected chi connectivity index (χ0v) is 14.4. The summed E-state index contributed by atoms with van der Waals surface area (Å²) >= 11 is 6.23. The number of halogens is 1. The summed E-state index contributed by atoms with van der Waals surface area (Å²) in [4.78, 5) is 15.2. The number of pyridine rings is 2. The van der Waals surface area contributed by atoms with Crippen molar-refractivity contribution in [3.8, 4) is 0 Å². The quantitative estimate of drug-likeness (QED) is 0.656. The molecule has 1 aliphatic rings. The molecular formula is C17H21ClN6. The van der Waals surface area contributed by atoms with Crippen LogP contribution in [-0.4, -0.2) is 42.1 Å². The summed E-state index contributed by atoms with van der Waals surface area (Å²) in [5.41, 5.74) is 0.980. The molecule has 0 saturated carbocycles. The number of aromatic nitrogens is 2. The second kappa shape index (κ2) is 7.97. The molecule has 0 aliphatic carbocycles. The fourth-order valence-electron chi connectivity index (χ4n) is 2.75. The first kappa shape index (κ1) is 16.5. The summed E-state index contributed by atoms with van der Waals surface area (Å²) < 4.78 is 0. The van der Waals surface area contributed by atoms with Crippen molar-refractivity contribution in [2.75, 3.05) is 25.0 Å². The largest absolute Gasteiger partial charge is 0.353 e. The number of nitrogens with one attached hydrogen (secondary N) is 2.